The van der Waals surface area contributed by atoms with Crippen LogP contribution in [-0.2, 0) is 4.74 Å². The molecule has 1 aromatic rings. The minimum absolute atomic E-state index is 0.247. The molecule has 16 heavy (non-hydrogen) atoms. The molecule has 1 rings (SSSR count). The van der Waals surface area contributed by atoms with Crippen LogP contribution in [0.25, 0.3) is 0 Å². The molecule has 6 nitrogen and oxygen atoms in total. The Labute approximate surface area is 93.9 Å². The molecule has 0 aliphatic rings. The number of amides is 1. The third-order valence-corrected chi connectivity index (χ3v) is 1.72. The molecule has 88 valence electrons. The zero-order valence-electron chi connectivity index (χ0n) is 9.25. The molecule has 0 unspecified atom stereocenters. The second-order valence-corrected chi connectivity index (χ2v) is 3.47. The zero-order chi connectivity index (χ0) is 12.0. The number of nitrogens with one attached hydrogen (secondary N) is 2. The Morgan fingerprint density at radius 1 is 1.75 bits per heavy atom. The van der Waals surface area contributed by atoms with Crippen molar-refractivity contribution in [3.63, 3.8) is 0 Å². The molecule has 1 amide bonds. The van der Waals surface area contributed by atoms with Crippen LogP contribution >= 0.6 is 0 Å². The Kier molecular flexibility index (Phi) is 4.53. The number of aromatic nitrogens is 2. The van der Waals surface area contributed by atoms with Crippen LogP contribution in [0, 0.1) is 0 Å². The van der Waals surface area contributed by atoms with Crippen molar-refractivity contribution in [2.24, 2.45) is 0 Å². The Morgan fingerprint density at radius 3 is 3.06 bits per heavy atom. The van der Waals surface area contributed by atoms with Gasteiger partial charge < -0.3 is 15.8 Å². The monoisotopic (exact) mass is 224 g/mol. The van der Waals surface area contributed by atoms with Crippen molar-refractivity contribution in [1.29, 1.82) is 0 Å². The number of aromatic amines is 1. The lowest BCUT2D eigenvalue weighted by Crippen LogP contribution is -2.27. The Morgan fingerprint density at radius 2 is 2.50 bits per heavy atom. The topological polar surface area (TPSA) is 93.0 Å². The van der Waals surface area contributed by atoms with Crippen LogP contribution in [0.4, 0.5) is 5.82 Å². The van der Waals surface area contributed by atoms with Gasteiger partial charge in [-0.2, -0.15) is 5.10 Å². The summed E-state index contributed by atoms with van der Waals surface area (Å²) in [6.45, 7) is 6.97. The number of hydrogen-bond acceptors (Lipinski definition) is 4. The van der Waals surface area contributed by atoms with Crippen LogP contribution in [-0.4, -0.2) is 35.9 Å². The van der Waals surface area contributed by atoms with Crippen LogP contribution in [0.15, 0.2) is 18.2 Å². The number of nitrogens with two attached hydrogens (primary N) is 1. The normalized spacial score (nSPS) is 10.1. The maximum Gasteiger partial charge on any atom is 0.269 e. The van der Waals surface area contributed by atoms with E-state index in [1.54, 1.807) is 0 Å². The number of carbonyl (C=O) groups excluding carboxylic acids is 1. The van der Waals surface area contributed by atoms with E-state index < -0.39 is 0 Å². The van der Waals surface area contributed by atoms with E-state index in [9.17, 15) is 4.79 Å². The number of nitrogens with zero attached hydrogens (tertiary/aromatic N) is 1. The van der Waals surface area contributed by atoms with Crippen molar-refractivity contribution < 1.29 is 9.53 Å². The minimum atomic E-state index is -0.247. The van der Waals surface area contributed by atoms with E-state index in [4.69, 9.17) is 10.5 Å². The van der Waals surface area contributed by atoms with Gasteiger partial charge in [0.25, 0.3) is 5.91 Å². The molecule has 0 saturated heterocycles. The molecule has 6 heteroatoms. The van der Waals surface area contributed by atoms with E-state index in [1.165, 1.54) is 6.07 Å². The van der Waals surface area contributed by atoms with Gasteiger partial charge in [-0.15, -0.1) is 0 Å². The maximum absolute atomic E-state index is 11.4. The molecule has 0 atom stereocenters. The standard InChI is InChI=1S/C10H16N4O2/c1-7(2)6-16-4-3-12-10(15)8-5-9(11)14-13-8/h5H,1,3-4,6H2,2H3,(H,12,15)(H3,11,13,14). The lowest BCUT2D eigenvalue weighted by molar-refractivity contribution is 0.0922. The number of ether oxygens (including phenoxy) is 1. The highest BCUT2D eigenvalue weighted by molar-refractivity contribution is 5.92. The molecule has 0 radical (unpaired) electrons. The summed E-state index contributed by atoms with van der Waals surface area (Å²) in [6, 6.07) is 1.48. The van der Waals surface area contributed by atoms with Crippen molar-refractivity contribution in [1.82, 2.24) is 15.5 Å². The molecule has 1 heterocycles. The summed E-state index contributed by atoms with van der Waals surface area (Å²) in [5, 5.41) is 8.84. The van der Waals surface area contributed by atoms with Gasteiger partial charge >= 0.3 is 0 Å². The number of nitrogen functional groups attached to an aromatic ring is 1. The van der Waals surface area contributed by atoms with Gasteiger partial charge in [-0.3, -0.25) is 9.89 Å². The third kappa shape index (κ3) is 4.14. The second-order valence-electron chi connectivity index (χ2n) is 3.47. The largest absolute Gasteiger partial charge is 0.382 e. The van der Waals surface area contributed by atoms with E-state index in [2.05, 4.69) is 22.1 Å². The van der Waals surface area contributed by atoms with Gasteiger partial charge in [0.05, 0.1) is 13.2 Å². The van der Waals surface area contributed by atoms with Crippen molar-refractivity contribution in [3.05, 3.63) is 23.9 Å². The molecule has 0 bridgehead atoms. The smallest absolute Gasteiger partial charge is 0.269 e. The van der Waals surface area contributed by atoms with Gasteiger partial charge in [0, 0.05) is 12.6 Å². The van der Waals surface area contributed by atoms with E-state index in [1.807, 2.05) is 6.92 Å². The van der Waals surface area contributed by atoms with Crippen molar-refractivity contribution >= 4 is 11.7 Å². The van der Waals surface area contributed by atoms with Gasteiger partial charge in [0.15, 0.2) is 0 Å². The van der Waals surface area contributed by atoms with Gasteiger partial charge in [-0.05, 0) is 6.92 Å². The summed E-state index contributed by atoms with van der Waals surface area (Å²) in [4.78, 5) is 11.4. The molecule has 0 spiro atoms. The van der Waals surface area contributed by atoms with Gasteiger partial charge in [0.2, 0.25) is 0 Å². The number of anilines is 1. The van der Waals surface area contributed by atoms with Crippen molar-refractivity contribution in [3.8, 4) is 0 Å². The summed E-state index contributed by atoms with van der Waals surface area (Å²) < 4.78 is 5.22. The van der Waals surface area contributed by atoms with E-state index >= 15 is 0 Å². The van der Waals surface area contributed by atoms with Crippen LogP contribution in [0.1, 0.15) is 17.4 Å². The fraction of sp³-hybridized carbons (Fsp3) is 0.400. The first-order chi connectivity index (χ1) is 7.59. The molecule has 0 aliphatic heterocycles. The number of H-pyrrole nitrogens is 1. The summed E-state index contributed by atoms with van der Waals surface area (Å²) >= 11 is 0. The van der Waals surface area contributed by atoms with E-state index in [-0.39, 0.29) is 5.91 Å². The average Bonchev–Trinajstić information content (AvgIpc) is 2.63. The molecule has 0 fully saturated rings. The first-order valence-electron chi connectivity index (χ1n) is 4.91. The highest BCUT2D eigenvalue weighted by Crippen LogP contribution is 1.99. The van der Waals surface area contributed by atoms with Crippen molar-refractivity contribution in [2.45, 2.75) is 6.92 Å². The fourth-order valence-electron chi connectivity index (χ4n) is 1.03. The Bertz CT molecular complexity index is 373. The highest BCUT2D eigenvalue weighted by atomic mass is 16.5. The lowest BCUT2D eigenvalue weighted by atomic mass is 10.4. The van der Waals surface area contributed by atoms with Gasteiger partial charge in [0.1, 0.15) is 11.5 Å². The van der Waals surface area contributed by atoms with Crippen LogP contribution in [0.3, 0.4) is 0 Å². The molecule has 0 saturated carbocycles. The van der Waals surface area contributed by atoms with Gasteiger partial charge in [-0.1, -0.05) is 12.2 Å². The quantitative estimate of drug-likeness (QED) is 0.479. The number of carbonyl (C=O) groups is 1. The average molecular weight is 224 g/mol. The molecule has 0 aromatic carbocycles. The van der Waals surface area contributed by atoms with Crippen molar-refractivity contribution in [2.75, 3.05) is 25.5 Å². The summed E-state index contributed by atoms with van der Waals surface area (Å²) in [5.41, 5.74) is 6.67. The summed E-state index contributed by atoms with van der Waals surface area (Å²) in [5.74, 6) is 0.0480. The Hall–Kier alpha value is -1.82. The molecular weight excluding hydrogens is 208 g/mol. The van der Waals surface area contributed by atoms with E-state index in [0.717, 1.165) is 5.57 Å². The molecule has 4 N–H and O–H groups in total. The minimum Gasteiger partial charge on any atom is -0.382 e. The highest BCUT2D eigenvalue weighted by Gasteiger charge is 2.07. The van der Waals surface area contributed by atoms with E-state index in [0.29, 0.717) is 31.3 Å². The Balaban J connectivity index is 2.18. The zero-order valence-corrected chi connectivity index (χ0v) is 9.25. The summed E-state index contributed by atoms with van der Waals surface area (Å²) in [6.07, 6.45) is 0. The first-order valence-corrected chi connectivity index (χ1v) is 4.91. The SMILES string of the molecule is C=C(C)COCCNC(=O)c1cc(N)n[nH]1. The fourth-order valence-corrected chi connectivity index (χ4v) is 1.03. The van der Waals surface area contributed by atoms with Crippen LogP contribution in [0.5, 0.6) is 0 Å². The molecule has 1 aromatic heterocycles. The molecule has 0 aliphatic carbocycles. The lowest BCUT2D eigenvalue weighted by Gasteiger charge is -2.04. The second kappa shape index (κ2) is 5.92. The summed E-state index contributed by atoms with van der Waals surface area (Å²) in [7, 11) is 0. The van der Waals surface area contributed by atoms with Gasteiger partial charge in [-0.25, -0.2) is 0 Å². The predicted molar refractivity (Wildman–Crippen MR) is 61.0 cm³/mol. The maximum atomic E-state index is 11.4. The van der Waals surface area contributed by atoms with Crippen LogP contribution in [0.2, 0.25) is 0 Å². The van der Waals surface area contributed by atoms with Crippen LogP contribution < -0.4 is 11.1 Å². The predicted octanol–water partition coefficient (Wildman–Crippen LogP) is 0.314. The third-order valence-electron chi connectivity index (χ3n) is 1.72. The number of hydrogen-bond donors (Lipinski definition) is 3. The first kappa shape index (κ1) is 12.3. The molecular formula is C10H16N4O2. The number of rotatable bonds is 6.